The van der Waals surface area contributed by atoms with Crippen LogP contribution in [0, 0.1) is 0 Å². The Hall–Kier alpha value is -3.52. The van der Waals surface area contributed by atoms with Gasteiger partial charge in [0.25, 0.3) is 5.91 Å². The molecule has 0 unspecified atom stereocenters. The Bertz CT molecular complexity index is 1350. The number of nitrogens with two attached hydrogens (primary N) is 2. The minimum Gasteiger partial charge on any atom is -0.396 e. The second-order valence-corrected chi connectivity index (χ2v) is 8.24. The number of rotatable bonds is 6. The number of amides is 1. The Kier molecular flexibility index (Phi) is 6.55. The summed E-state index contributed by atoms with van der Waals surface area (Å²) in [4.78, 5) is 16.8. The van der Waals surface area contributed by atoms with E-state index in [4.69, 9.17) is 39.8 Å². The number of halogens is 2. The Labute approximate surface area is 201 Å². The summed E-state index contributed by atoms with van der Waals surface area (Å²) < 4.78 is 1.91. The zero-order valence-electron chi connectivity index (χ0n) is 17.8. The monoisotopic (exact) mass is 480 g/mol. The predicted octanol–water partition coefficient (Wildman–Crippen LogP) is 4.30. The van der Waals surface area contributed by atoms with Gasteiger partial charge in [0.2, 0.25) is 0 Å². The maximum absolute atomic E-state index is 12.0. The summed E-state index contributed by atoms with van der Waals surface area (Å²) in [6.45, 7) is 0.314. The number of imidazole rings is 1. The van der Waals surface area contributed by atoms with Crippen LogP contribution in [0.4, 0.5) is 0 Å². The zero-order chi connectivity index (χ0) is 23.5. The van der Waals surface area contributed by atoms with Gasteiger partial charge in [-0.15, -0.1) is 0 Å². The molecule has 2 aromatic carbocycles. The Balaban J connectivity index is 1.69. The van der Waals surface area contributed by atoms with E-state index in [0.717, 1.165) is 16.8 Å². The molecule has 0 aliphatic carbocycles. The molecule has 0 fully saturated rings. The summed E-state index contributed by atoms with van der Waals surface area (Å²) in [5.74, 6) is 5.99. The molecule has 7 nitrogen and oxygen atoms in total. The van der Waals surface area contributed by atoms with Crippen molar-refractivity contribution in [3.05, 3.63) is 99.9 Å². The number of carbonyl (C=O) groups is 1. The van der Waals surface area contributed by atoms with E-state index in [1.165, 1.54) is 5.01 Å². The molecule has 2 aromatic heterocycles. The van der Waals surface area contributed by atoms with Crippen LogP contribution in [0.1, 0.15) is 21.6 Å². The van der Waals surface area contributed by atoms with Crippen LogP contribution in [0.3, 0.4) is 0 Å². The van der Waals surface area contributed by atoms with E-state index < -0.39 is 0 Å². The highest BCUT2D eigenvalue weighted by Gasteiger charge is 2.17. The molecule has 0 saturated heterocycles. The second kappa shape index (κ2) is 9.54. The number of aromatic nitrogens is 2. The van der Waals surface area contributed by atoms with Crippen molar-refractivity contribution in [1.82, 2.24) is 19.7 Å². The first-order valence-electron chi connectivity index (χ1n) is 10.1. The second-order valence-electron chi connectivity index (χ2n) is 7.39. The molecule has 0 radical (unpaired) electrons. The smallest absolute Gasteiger partial charge is 0.252 e. The van der Waals surface area contributed by atoms with Crippen LogP contribution in [0.15, 0.2) is 73.1 Å². The van der Waals surface area contributed by atoms with Gasteiger partial charge in [0.1, 0.15) is 5.65 Å². The highest BCUT2D eigenvalue weighted by Crippen LogP contribution is 2.29. The predicted molar refractivity (Wildman–Crippen MR) is 132 cm³/mol. The minimum absolute atomic E-state index is 0.265. The van der Waals surface area contributed by atoms with Gasteiger partial charge in [-0.3, -0.25) is 9.20 Å². The number of benzene rings is 2. The molecule has 0 bridgehead atoms. The van der Waals surface area contributed by atoms with Crippen LogP contribution in [-0.4, -0.2) is 27.3 Å². The van der Waals surface area contributed by atoms with E-state index in [9.17, 15) is 4.79 Å². The molecule has 0 aliphatic heterocycles. The van der Waals surface area contributed by atoms with Crippen molar-refractivity contribution in [3.63, 3.8) is 0 Å². The van der Waals surface area contributed by atoms with E-state index in [-0.39, 0.29) is 5.91 Å². The van der Waals surface area contributed by atoms with E-state index in [1.807, 2.05) is 59.1 Å². The Morgan fingerprint density at radius 1 is 1.15 bits per heavy atom. The third-order valence-corrected chi connectivity index (χ3v) is 5.68. The molecule has 168 valence electrons. The molecular weight excluding hydrogens is 459 g/mol. The maximum atomic E-state index is 12.0. The summed E-state index contributed by atoms with van der Waals surface area (Å²) in [5, 5.41) is 5.05. The topological polar surface area (TPSA) is 102 Å². The van der Waals surface area contributed by atoms with E-state index in [0.29, 0.717) is 39.2 Å². The van der Waals surface area contributed by atoms with Crippen LogP contribution < -0.4 is 16.9 Å². The Morgan fingerprint density at radius 3 is 2.64 bits per heavy atom. The van der Waals surface area contributed by atoms with Gasteiger partial charge in [-0.1, -0.05) is 47.5 Å². The quantitative estimate of drug-likeness (QED) is 0.282. The number of pyridine rings is 1. The average Bonchev–Trinajstić information content (AvgIpc) is 3.20. The number of hydrogen-bond donors (Lipinski definition) is 3. The first-order valence-corrected chi connectivity index (χ1v) is 10.9. The van der Waals surface area contributed by atoms with Crippen molar-refractivity contribution in [1.29, 1.82) is 0 Å². The normalized spacial score (nSPS) is 11.6. The lowest BCUT2D eigenvalue weighted by Crippen LogP contribution is -2.26. The number of carbonyl (C=O) groups excluding carboxylic acids is 1. The van der Waals surface area contributed by atoms with Crippen LogP contribution >= 0.6 is 23.2 Å². The standard InChI is InChI=1S/C24H22Cl2N6O/c1-29-24(33)18-12-15(5-10-19(18)26)13-31(28)14-20(27)23-22(16-6-8-17(25)9-7-16)30-21-4-2-3-11-32(21)23/h2-12,14H,13,27-28H2,1H3,(H,29,33)/b20-14-. The van der Waals surface area contributed by atoms with Crippen molar-refractivity contribution in [3.8, 4) is 11.3 Å². The molecule has 9 heteroatoms. The van der Waals surface area contributed by atoms with Crippen LogP contribution in [-0.2, 0) is 6.54 Å². The first-order chi connectivity index (χ1) is 15.9. The third-order valence-electron chi connectivity index (χ3n) is 5.09. The number of hydrogen-bond acceptors (Lipinski definition) is 5. The molecule has 1 amide bonds. The number of hydrazine groups is 1. The molecule has 0 aliphatic rings. The molecule has 4 rings (SSSR count). The molecular formula is C24H22Cl2N6O. The summed E-state index contributed by atoms with van der Waals surface area (Å²) in [5.41, 5.74) is 11.2. The van der Waals surface area contributed by atoms with Gasteiger partial charge < -0.3 is 16.1 Å². The highest BCUT2D eigenvalue weighted by atomic mass is 35.5. The fourth-order valence-electron chi connectivity index (χ4n) is 3.56. The van der Waals surface area contributed by atoms with Gasteiger partial charge in [-0.2, -0.15) is 0 Å². The molecule has 33 heavy (non-hydrogen) atoms. The van der Waals surface area contributed by atoms with Crippen molar-refractivity contribution >= 4 is 40.5 Å². The van der Waals surface area contributed by atoms with E-state index >= 15 is 0 Å². The fraction of sp³-hybridized carbons (Fsp3) is 0.0833. The third kappa shape index (κ3) is 4.80. The van der Waals surface area contributed by atoms with Gasteiger partial charge >= 0.3 is 0 Å². The number of nitrogens with one attached hydrogen (secondary N) is 1. The average molecular weight is 481 g/mol. The van der Waals surface area contributed by atoms with Crippen LogP contribution in [0.2, 0.25) is 10.0 Å². The summed E-state index contributed by atoms with van der Waals surface area (Å²) in [6, 6.07) is 18.3. The molecule has 4 aromatic rings. The fourth-order valence-corrected chi connectivity index (χ4v) is 3.89. The van der Waals surface area contributed by atoms with Gasteiger partial charge in [-0.25, -0.2) is 10.8 Å². The molecule has 0 atom stereocenters. The maximum Gasteiger partial charge on any atom is 0.252 e. The highest BCUT2D eigenvalue weighted by molar-refractivity contribution is 6.33. The van der Waals surface area contributed by atoms with Crippen LogP contribution in [0.25, 0.3) is 22.6 Å². The van der Waals surface area contributed by atoms with Gasteiger partial charge in [-0.05, 0) is 42.0 Å². The zero-order valence-corrected chi connectivity index (χ0v) is 19.3. The van der Waals surface area contributed by atoms with E-state index in [2.05, 4.69) is 5.32 Å². The largest absolute Gasteiger partial charge is 0.396 e. The SMILES string of the molecule is CNC(=O)c1cc(CN(N)/C=C(\N)c2c(-c3ccc(Cl)cc3)nc3ccccn23)ccc1Cl. The summed E-state index contributed by atoms with van der Waals surface area (Å²) >= 11 is 12.2. The molecule has 0 saturated carbocycles. The minimum atomic E-state index is -0.265. The van der Waals surface area contributed by atoms with E-state index in [1.54, 1.807) is 25.4 Å². The number of fused-ring (bicyclic) bond motifs is 1. The lowest BCUT2D eigenvalue weighted by Gasteiger charge is -2.16. The molecule has 0 spiro atoms. The van der Waals surface area contributed by atoms with Crippen molar-refractivity contribution in [2.75, 3.05) is 7.05 Å². The lowest BCUT2D eigenvalue weighted by molar-refractivity contribution is 0.0963. The molecule has 2 heterocycles. The summed E-state index contributed by atoms with van der Waals surface area (Å²) in [7, 11) is 1.55. The van der Waals surface area contributed by atoms with Crippen molar-refractivity contribution < 1.29 is 4.79 Å². The summed E-state index contributed by atoms with van der Waals surface area (Å²) in [6.07, 6.45) is 3.54. The Morgan fingerprint density at radius 2 is 1.91 bits per heavy atom. The van der Waals surface area contributed by atoms with Crippen molar-refractivity contribution in [2.45, 2.75) is 6.54 Å². The van der Waals surface area contributed by atoms with Crippen molar-refractivity contribution in [2.24, 2.45) is 11.6 Å². The first kappa shape index (κ1) is 22.7. The molecule has 5 N–H and O–H groups in total. The van der Waals surface area contributed by atoms with Gasteiger partial charge in [0.15, 0.2) is 0 Å². The van der Waals surface area contributed by atoms with Crippen LogP contribution in [0.5, 0.6) is 0 Å². The van der Waals surface area contributed by atoms with Gasteiger partial charge in [0.05, 0.1) is 34.2 Å². The number of nitrogens with zero attached hydrogens (tertiary/aromatic N) is 3. The van der Waals surface area contributed by atoms with Gasteiger partial charge in [0, 0.05) is 30.0 Å². The lowest BCUT2D eigenvalue weighted by atomic mass is 10.1.